The van der Waals surface area contributed by atoms with Crippen LogP contribution < -0.4 is 0 Å². The van der Waals surface area contributed by atoms with E-state index in [0.717, 1.165) is 61.0 Å². The molecule has 1 unspecified atom stereocenters. The second kappa shape index (κ2) is 10.9. The van der Waals surface area contributed by atoms with E-state index >= 15 is 0 Å². The number of halogens is 1. The predicted molar refractivity (Wildman–Crippen MR) is 131 cm³/mol. The number of rotatable bonds is 8. The Kier molecular flexibility index (Phi) is 7.73. The first-order chi connectivity index (χ1) is 16.0. The molecule has 33 heavy (non-hydrogen) atoms. The van der Waals surface area contributed by atoms with Crippen LogP contribution in [0.2, 0.25) is 5.02 Å². The molecule has 1 aromatic heterocycles. The highest BCUT2D eigenvalue weighted by molar-refractivity contribution is 6.30. The number of aromatic nitrogens is 2. The first-order valence-corrected chi connectivity index (χ1v) is 11.9. The van der Waals surface area contributed by atoms with Gasteiger partial charge in [-0.1, -0.05) is 54.9 Å². The van der Waals surface area contributed by atoms with Crippen LogP contribution in [-0.4, -0.2) is 41.0 Å². The number of aryl methyl sites for hydroxylation is 2. The summed E-state index contributed by atoms with van der Waals surface area (Å²) in [6, 6.07) is 16.6. The lowest BCUT2D eigenvalue weighted by atomic mass is 10.0. The van der Waals surface area contributed by atoms with Crippen LogP contribution in [0.4, 0.5) is 0 Å². The molecule has 1 atom stereocenters. The molecule has 5 nitrogen and oxygen atoms in total. The zero-order valence-corrected chi connectivity index (χ0v) is 20.0. The summed E-state index contributed by atoms with van der Waals surface area (Å²) in [6.07, 6.45) is 5.28. The van der Waals surface area contributed by atoms with Gasteiger partial charge in [0.05, 0.1) is 12.8 Å². The molecule has 1 aliphatic rings. The lowest BCUT2D eigenvalue weighted by Gasteiger charge is -2.30. The lowest BCUT2D eigenvalue weighted by molar-refractivity contribution is -0.141. The number of hydrogen-bond donors (Lipinski definition) is 0. The fourth-order valence-electron chi connectivity index (χ4n) is 4.30. The average Bonchev–Trinajstić information content (AvgIpc) is 2.83. The van der Waals surface area contributed by atoms with Crippen molar-refractivity contribution in [2.24, 2.45) is 5.92 Å². The largest absolute Gasteiger partial charge is 0.469 e. The van der Waals surface area contributed by atoms with E-state index in [0.29, 0.717) is 6.42 Å². The third kappa shape index (κ3) is 6.40. The Labute approximate surface area is 200 Å². The minimum Gasteiger partial charge on any atom is -0.469 e. The Morgan fingerprint density at radius 2 is 1.76 bits per heavy atom. The van der Waals surface area contributed by atoms with Crippen molar-refractivity contribution < 1.29 is 9.53 Å². The van der Waals surface area contributed by atoms with Gasteiger partial charge in [0, 0.05) is 54.8 Å². The highest BCUT2D eigenvalue weighted by Crippen LogP contribution is 2.23. The fourth-order valence-corrected chi connectivity index (χ4v) is 4.43. The highest BCUT2D eigenvalue weighted by Gasteiger charge is 2.21. The van der Waals surface area contributed by atoms with Gasteiger partial charge in [-0.3, -0.25) is 9.69 Å². The fraction of sp³-hybridized carbons (Fsp3) is 0.370. The van der Waals surface area contributed by atoms with Gasteiger partial charge in [0.25, 0.3) is 0 Å². The van der Waals surface area contributed by atoms with Gasteiger partial charge in [-0.15, -0.1) is 0 Å². The van der Waals surface area contributed by atoms with Crippen LogP contribution in [0.25, 0.3) is 11.4 Å². The third-order valence-electron chi connectivity index (χ3n) is 6.15. The Morgan fingerprint density at radius 1 is 1.09 bits per heavy atom. The molecule has 3 aromatic rings. The summed E-state index contributed by atoms with van der Waals surface area (Å²) < 4.78 is 4.78. The smallest absolute Gasteiger partial charge is 0.305 e. The van der Waals surface area contributed by atoms with Crippen LogP contribution in [0.5, 0.6) is 0 Å². The molecule has 0 radical (unpaired) electrons. The topological polar surface area (TPSA) is 55.3 Å². The van der Waals surface area contributed by atoms with E-state index in [1.807, 2.05) is 18.3 Å². The number of nitrogens with zero attached hydrogens (tertiary/aromatic N) is 3. The van der Waals surface area contributed by atoms with Gasteiger partial charge in [0.2, 0.25) is 0 Å². The van der Waals surface area contributed by atoms with E-state index in [-0.39, 0.29) is 11.9 Å². The minimum absolute atomic E-state index is 0.149. The highest BCUT2D eigenvalue weighted by atomic mass is 35.5. The van der Waals surface area contributed by atoms with Crippen molar-refractivity contribution in [3.8, 4) is 11.4 Å². The molecule has 0 N–H and O–H groups in total. The van der Waals surface area contributed by atoms with Crippen LogP contribution in [0, 0.1) is 5.92 Å². The first kappa shape index (κ1) is 23.4. The van der Waals surface area contributed by atoms with Gasteiger partial charge in [-0.2, -0.15) is 0 Å². The Hall–Kier alpha value is -2.76. The SMILES string of the molecule is COC(=O)CC(C)CN1CCc2nc(-c3ccc(CCc4ccc(Cl)cc4)cc3)ncc2C1. The Bertz CT molecular complexity index is 1080. The van der Waals surface area contributed by atoms with Crippen LogP contribution >= 0.6 is 11.6 Å². The number of esters is 1. The number of hydrogen-bond acceptors (Lipinski definition) is 5. The molecule has 0 bridgehead atoms. The van der Waals surface area contributed by atoms with Crippen molar-refractivity contribution in [1.29, 1.82) is 0 Å². The number of benzene rings is 2. The molecule has 0 amide bonds. The second-order valence-electron chi connectivity index (χ2n) is 8.86. The quantitative estimate of drug-likeness (QED) is 0.433. The van der Waals surface area contributed by atoms with E-state index in [1.165, 1.54) is 23.8 Å². The van der Waals surface area contributed by atoms with E-state index in [1.54, 1.807) is 0 Å². The summed E-state index contributed by atoms with van der Waals surface area (Å²) >= 11 is 5.97. The van der Waals surface area contributed by atoms with Crippen molar-refractivity contribution in [1.82, 2.24) is 14.9 Å². The summed E-state index contributed by atoms with van der Waals surface area (Å²) in [4.78, 5) is 23.4. The molecule has 0 saturated heterocycles. The normalized spacial score (nSPS) is 14.5. The number of carbonyl (C=O) groups is 1. The first-order valence-electron chi connectivity index (χ1n) is 11.5. The maximum absolute atomic E-state index is 11.5. The van der Waals surface area contributed by atoms with Crippen LogP contribution in [0.3, 0.4) is 0 Å². The molecule has 4 rings (SSSR count). The van der Waals surface area contributed by atoms with Gasteiger partial charge in [-0.05, 0) is 42.0 Å². The average molecular weight is 464 g/mol. The molecule has 0 spiro atoms. The number of methoxy groups -OCH3 is 1. The Balaban J connectivity index is 1.35. The van der Waals surface area contributed by atoms with Crippen LogP contribution in [-0.2, 0) is 35.3 Å². The maximum Gasteiger partial charge on any atom is 0.305 e. The van der Waals surface area contributed by atoms with Crippen molar-refractivity contribution in [3.05, 3.63) is 82.1 Å². The predicted octanol–water partition coefficient (Wildman–Crippen LogP) is 5.14. The molecule has 172 valence electrons. The molecule has 2 aromatic carbocycles. The second-order valence-corrected chi connectivity index (χ2v) is 9.30. The number of ether oxygens (including phenoxy) is 1. The van der Waals surface area contributed by atoms with Crippen molar-refractivity contribution in [3.63, 3.8) is 0 Å². The molecule has 2 heterocycles. The monoisotopic (exact) mass is 463 g/mol. The van der Waals surface area contributed by atoms with E-state index in [9.17, 15) is 4.79 Å². The summed E-state index contributed by atoms with van der Waals surface area (Å²) in [7, 11) is 1.44. The summed E-state index contributed by atoms with van der Waals surface area (Å²) in [5.74, 6) is 0.895. The van der Waals surface area contributed by atoms with Crippen molar-refractivity contribution >= 4 is 17.6 Å². The summed E-state index contributed by atoms with van der Waals surface area (Å²) in [5.41, 5.74) is 5.93. The molecule has 1 aliphatic heterocycles. The van der Waals surface area contributed by atoms with Gasteiger partial charge < -0.3 is 4.74 Å². The van der Waals surface area contributed by atoms with Crippen molar-refractivity contribution in [2.75, 3.05) is 20.2 Å². The standard InChI is InChI=1S/C27H30ClN3O2/c1-19(15-26(32)33-2)17-31-14-13-25-23(18-31)16-29-27(30-25)22-9-5-20(6-10-22)3-4-21-7-11-24(28)12-8-21/h5-12,16,19H,3-4,13-15,17-18H2,1-2H3. The number of carbonyl (C=O) groups excluding carboxylic acids is 1. The molecule has 0 fully saturated rings. The molecule has 6 heteroatoms. The molecular formula is C27H30ClN3O2. The van der Waals surface area contributed by atoms with Gasteiger partial charge in [0.1, 0.15) is 0 Å². The van der Waals surface area contributed by atoms with E-state index in [4.69, 9.17) is 21.3 Å². The van der Waals surface area contributed by atoms with Crippen LogP contribution in [0.15, 0.2) is 54.7 Å². The minimum atomic E-state index is -0.149. The zero-order chi connectivity index (χ0) is 23.2. The van der Waals surface area contributed by atoms with Gasteiger partial charge in [-0.25, -0.2) is 9.97 Å². The molecule has 0 aliphatic carbocycles. The molecular weight excluding hydrogens is 434 g/mol. The van der Waals surface area contributed by atoms with E-state index < -0.39 is 0 Å². The third-order valence-corrected chi connectivity index (χ3v) is 6.41. The molecule has 0 saturated carbocycles. The summed E-state index contributed by atoms with van der Waals surface area (Å²) in [6.45, 7) is 4.72. The zero-order valence-electron chi connectivity index (χ0n) is 19.3. The maximum atomic E-state index is 11.5. The number of fused-ring (bicyclic) bond motifs is 1. The van der Waals surface area contributed by atoms with Gasteiger partial charge >= 0.3 is 5.97 Å². The summed E-state index contributed by atoms with van der Waals surface area (Å²) in [5, 5.41) is 0.772. The van der Waals surface area contributed by atoms with E-state index in [2.05, 4.69) is 53.2 Å². The van der Waals surface area contributed by atoms with Crippen molar-refractivity contribution in [2.45, 2.75) is 39.2 Å². The Morgan fingerprint density at radius 3 is 2.42 bits per heavy atom. The van der Waals surface area contributed by atoms with Crippen LogP contribution in [0.1, 0.15) is 35.7 Å². The van der Waals surface area contributed by atoms with Gasteiger partial charge in [0.15, 0.2) is 5.82 Å². The lowest BCUT2D eigenvalue weighted by Crippen LogP contribution is -2.35.